The van der Waals surface area contributed by atoms with Crippen LogP contribution in [0.15, 0.2) is 24.3 Å². The zero-order valence-electron chi connectivity index (χ0n) is 13.0. The number of aryl methyl sites for hydroxylation is 1. The normalized spacial score (nSPS) is 18.7. The van der Waals surface area contributed by atoms with Crippen molar-refractivity contribution in [1.82, 2.24) is 9.97 Å². The van der Waals surface area contributed by atoms with E-state index in [9.17, 15) is 0 Å². The first kappa shape index (κ1) is 15.8. The Morgan fingerprint density at radius 2 is 2.09 bits per heavy atom. The Hall–Kier alpha value is -2.05. The molecule has 0 unspecified atom stereocenters. The number of rotatable bonds is 2. The molecular formula is C16H20ClN5O. The smallest absolute Gasteiger partial charge is 0.222 e. The summed E-state index contributed by atoms with van der Waals surface area (Å²) in [7, 11) is 0. The van der Waals surface area contributed by atoms with Gasteiger partial charge in [0.25, 0.3) is 0 Å². The van der Waals surface area contributed by atoms with Gasteiger partial charge in [0.1, 0.15) is 5.82 Å². The van der Waals surface area contributed by atoms with Crippen molar-refractivity contribution in [2.24, 2.45) is 0 Å². The van der Waals surface area contributed by atoms with Crippen LogP contribution in [0.5, 0.6) is 0 Å². The number of nitrogens with zero attached hydrogens (tertiary/aromatic N) is 3. The molecule has 1 fully saturated rings. The summed E-state index contributed by atoms with van der Waals surface area (Å²) in [6, 6.07) is 7.36. The van der Waals surface area contributed by atoms with Crippen molar-refractivity contribution in [1.29, 1.82) is 0 Å². The molecule has 3 rings (SSSR count). The van der Waals surface area contributed by atoms with Crippen LogP contribution in [-0.2, 0) is 4.74 Å². The molecule has 0 amide bonds. The second-order valence-corrected chi connectivity index (χ2v) is 6.05. The number of hydrogen-bond donors (Lipinski definition) is 2. The molecule has 2 aromatic rings. The number of hydrogen-bond acceptors (Lipinski definition) is 6. The van der Waals surface area contributed by atoms with E-state index < -0.39 is 0 Å². The van der Waals surface area contributed by atoms with Crippen LogP contribution in [0, 0.1) is 6.92 Å². The summed E-state index contributed by atoms with van der Waals surface area (Å²) in [6.07, 6.45) is 0.902. The van der Waals surface area contributed by atoms with E-state index in [-0.39, 0.29) is 12.0 Å². The van der Waals surface area contributed by atoms with Crippen molar-refractivity contribution in [2.45, 2.75) is 19.4 Å². The van der Waals surface area contributed by atoms with Crippen LogP contribution in [0.4, 0.5) is 17.5 Å². The van der Waals surface area contributed by atoms with Gasteiger partial charge in [0.05, 0.1) is 12.6 Å². The Morgan fingerprint density at radius 3 is 2.87 bits per heavy atom. The third-order valence-electron chi connectivity index (χ3n) is 3.87. The Labute approximate surface area is 140 Å². The van der Waals surface area contributed by atoms with E-state index in [0.717, 1.165) is 30.0 Å². The molecule has 0 spiro atoms. The molecule has 0 bridgehead atoms. The van der Waals surface area contributed by atoms with Crippen molar-refractivity contribution in [3.8, 4) is 0 Å². The lowest BCUT2D eigenvalue weighted by molar-refractivity contribution is 0.134. The van der Waals surface area contributed by atoms with Gasteiger partial charge < -0.3 is 21.1 Å². The summed E-state index contributed by atoms with van der Waals surface area (Å²) < 4.78 is 5.75. The number of nitrogens with two attached hydrogens (primary N) is 2. The molecule has 6 nitrogen and oxygen atoms in total. The molecular weight excluding hydrogens is 314 g/mol. The summed E-state index contributed by atoms with van der Waals surface area (Å²) >= 11 is 6.40. The largest absolute Gasteiger partial charge is 0.399 e. The maximum Gasteiger partial charge on any atom is 0.222 e. The number of nitrogen functional groups attached to an aromatic ring is 2. The minimum Gasteiger partial charge on any atom is -0.399 e. The lowest BCUT2D eigenvalue weighted by Crippen LogP contribution is -2.32. The fraction of sp³-hybridized carbons (Fsp3) is 0.375. The van der Waals surface area contributed by atoms with Crippen LogP contribution in [-0.4, -0.2) is 29.7 Å². The molecule has 1 aliphatic heterocycles. The highest BCUT2D eigenvalue weighted by Gasteiger charge is 2.27. The fourth-order valence-corrected chi connectivity index (χ4v) is 3.09. The molecule has 4 N–H and O–H groups in total. The SMILES string of the molecule is Cc1cc(N2CCCOC[C@@H]2c2cc(N)ccc2Cl)nc(N)n1. The van der Waals surface area contributed by atoms with Crippen molar-refractivity contribution in [2.75, 3.05) is 36.1 Å². The maximum atomic E-state index is 6.40. The molecule has 1 saturated heterocycles. The number of halogens is 1. The van der Waals surface area contributed by atoms with E-state index in [2.05, 4.69) is 14.9 Å². The highest BCUT2D eigenvalue weighted by Crippen LogP contribution is 2.34. The molecule has 1 aromatic carbocycles. The number of anilines is 3. The topological polar surface area (TPSA) is 90.3 Å². The highest BCUT2D eigenvalue weighted by molar-refractivity contribution is 6.31. The molecule has 0 radical (unpaired) electrons. The number of benzene rings is 1. The Morgan fingerprint density at radius 1 is 1.26 bits per heavy atom. The van der Waals surface area contributed by atoms with Crippen LogP contribution in [0.2, 0.25) is 5.02 Å². The maximum absolute atomic E-state index is 6.40. The van der Waals surface area contributed by atoms with Gasteiger partial charge in [0.15, 0.2) is 0 Å². The Balaban J connectivity index is 2.05. The molecule has 23 heavy (non-hydrogen) atoms. The first-order chi connectivity index (χ1) is 11.0. The monoisotopic (exact) mass is 333 g/mol. The number of aromatic nitrogens is 2. The minimum absolute atomic E-state index is 0.0674. The molecule has 2 heterocycles. The first-order valence-electron chi connectivity index (χ1n) is 7.55. The molecule has 122 valence electrons. The van der Waals surface area contributed by atoms with Crippen LogP contribution < -0.4 is 16.4 Å². The summed E-state index contributed by atoms with van der Waals surface area (Å²) in [6.45, 7) is 3.92. The van der Waals surface area contributed by atoms with Crippen LogP contribution >= 0.6 is 11.6 Å². The van der Waals surface area contributed by atoms with E-state index in [1.807, 2.05) is 25.1 Å². The van der Waals surface area contributed by atoms with Gasteiger partial charge >= 0.3 is 0 Å². The van der Waals surface area contributed by atoms with Crippen LogP contribution in [0.1, 0.15) is 23.7 Å². The van der Waals surface area contributed by atoms with Gasteiger partial charge in [-0.15, -0.1) is 0 Å². The van der Waals surface area contributed by atoms with Gasteiger partial charge in [-0.3, -0.25) is 0 Å². The molecule has 1 aliphatic rings. The predicted octanol–water partition coefficient (Wildman–Crippen LogP) is 2.57. The third kappa shape index (κ3) is 3.48. The van der Waals surface area contributed by atoms with Gasteiger partial charge in [-0.2, -0.15) is 4.98 Å². The van der Waals surface area contributed by atoms with Crippen molar-refractivity contribution >= 4 is 29.1 Å². The summed E-state index contributed by atoms with van der Waals surface area (Å²) in [5, 5.41) is 0.665. The zero-order valence-corrected chi connectivity index (χ0v) is 13.8. The van der Waals surface area contributed by atoms with Crippen molar-refractivity contribution < 1.29 is 4.74 Å². The van der Waals surface area contributed by atoms with E-state index in [1.54, 1.807) is 6.07 Å². The van der Waals surface area contributed by atoms with Gasteiger partial charge in [-0.05, 0) is 37.1 Å². The summed E-state index contributed by atoms with van der Waals surface area (Å²) in [5.41, 5.74) is 14.2. The van der Waals surface area contributed by atoms with Crippen LogP contribution in [0.25, 0.3) is 0 Å². The van der Waals surface area contributed by atoms with Crippen molar-refractivity contribution in [3.63, 3.8) is 0 Å². The predicted molar refractivity (Wildman–Crippen MR) is 92.6 cm³/mol. The summed E-state index contributed by atoms with van der Waals surface area (Å²) in [5.74, 6) is 1.05. The lowest BCUT2D eigenvalue weighted by Gasteiger charge is -2.31. The first-order valence-corrected chi connectivity index (χ1v) is 7.93. The Kier molecular flexibility index (Phi) is 4.54. The highest BCUT2D eigenvalue weighted by atomic mass is 35.5. The van der Waals surface area contributed by atoms with Gasteiger partial charge in [-0.25, -0.2) is 4.98 Å². The van der Waals surface area contributed by atoms with Crippen molar-refractivity contribution in [3.05, 3.63) is 40.5 Å². The van der Waals surface area contributed by atoms with E-state index >= 15 is 0 Å². The van der Waals surface area contributed by atoms with Gasteiger partial charge in [0.2, 0.25) is 5.95 Å². The van der Waals surface area contributed by atoms with E-state index in [1.165, 1.54) is 0 Å². The summed E-state index contributed by atoms with van der Waals surface area (Å²) in [4.78, 5) is 10.7. The quantitative estimate of drug-likeness (QED) is 0.821. The minimum atomic E-state index is -0.0674. The molecule has 0 aliphatic carbocycles. The second-order valence-electron chi connectivity index (χ2n) is 5.64. The fourth-order valence-electron chi connectivity index (χ4n) is 2.85. The lowest BCUT2D eigenvalue weighted by atomic mass is 10.0. The standard InChI is InChI=1S/C16H20ClN5O/c1-10-7-15(21-16(19)20-10)22-5-2-6-23-9-14(22)12-8-11(18)3-4-13(12)17/h3-4,7-8,14H,2,5-6,9,18H2,1H3,(H2,19,20,21)/t14-/m1/s1. The van der Waals surface area contributed by atoms with E-state index in [0.29, 0.717) is 23.9 Å². The molecule has 1 aromatic heterocycles. The molecule has 7 heteroatoms. The average molecular weight is 334 g/mol. The number of ether oxygens (including phenoxy) is 1. The molecule has 0 saturated carbocycles. The molecule has 1 atom stereocenters. The van der Waals surface area contributed by atoms with Gasteiger partial charge in [0, 0.05) is 35.6 Å². The average Bonchev–Trinajstić information content (AvgIpc) is 2.74. The van der Waals surface area contributed by atoms with E-state index in [4.69, 9.17) is 27.8 Å². The third-order valence-corrected chi connectivity index (χ3v) is 4.22. The second kappa shape index (κ2) is 6.60. The van der Waals surface area contributed by atoms with Gasteiger partial charge in [-0.1, -0.05) is 11.6 Å². The zero-order chi connectivity index (χ0) is 16.4. The Bertz CT molecular complexity index is 689. The van der Waals surface area contributed by atoms with Crippen LogP contribution in [0.3, 0.4) is 0 Å².